The number of aliphatic hydroxyl groups is 1. The van der Waals surface area contributed by atoms with Crippen molar-refractivity contribution in [2.45, 2.75) is 57.5 Å². The maximum atomic E-state index is 11.8. The molecule has 4 nitrogen and oxygen atoms in total. The highest BCUT2D eigenvalue weighted by Crippen LogP contribution is 2.30. The Bertz CT molecular complexity index is 300. The Balaban J connectivity index is 1.85. The van der Waals surface area contributed by atoms with Crippen LogP contribution in [-0.4, -0.2) is 47.8 Å². The van der Waals surface area contributed by atoms with E-state index in [1.54, 1.807) is 0 Å². The van der Waals surface area contributed by atoms with Gasteiger partial charge in [-0.15, -0.1) is 0 Å². The molecule has 1 saturated heterocycles. The minimum Gasteiger partial charge on any atom is -0.466 e. The summed E-state index contributed by atoms with van der Waals surface area (Å²) in [6.07, 6.45) is 7.28. The zero-order chi connectivity index (χ0) is 13.7. The van der Waals surface area contributed by atoms with Crippen LogP contribution in [0.25, 0.3) is 0 Å². The van der Waals surface area contributed by atoms with E-state index in [2.05, 4.69) is 4.90 Å². The smallest absolute Gasteiger partial charge is 0.310 e. The van der Waals surface area contributed by atoms with Crippen LogP contribution in [0.4, 0.5) is 0 Å². The molecule has 2 rings (SSSR count). The van der Waals surface area contributed by atoms with Crippen LogP contribution in [-0.2, 0) is 9.53 Å². The molecule has 2 fully saturated rings. The molecule has 0 aromatic carbocycles. The molecule has 0 amide bonds. The minimum absolute atomic E-state index is 0.000825. The molecular formula is C15H27NO3. The van der Waals surface area contributed by atoms with Gasteiger partial charge in [-0.2, -0.15) is 0 Å². The lowest BCUT2D eigenvalue weighted by molar-refractivity contribution is -0.150. The molecule has 0 bridgehead atoms. The highest BCUT2D eigenvalue weighted by molar-refractivity contribution is 5.72. The molecular weight excluding hydrogens is 242 g/mol. The van der Waals surface area contributed by atoms with Gasteiger partial charge in [-0.3, -0.25) is 9.69 Å². The monoisotopic (exact) mass is 269 g/mol. The predicted octanol–water partition coefficient (Wildman–Crippen LogP) is 1.96. The van der Waals surface area contributed by atoms with E-state index in [1.807, 2.05) is 6.92 Å². The van der Waals surface area contributed by atoms with Gasteiger partial charge in [0.05, 0.1) is 18.1 Å². The van der Waals surface area contributed by atoms with Gasteiger partial charge in [0, 0.05) is 13.1 Å². The van der Waals surface area contributed by atoms with Crippen molar-refractivity contribution in [2.75, 3.05) is 26.2 Å². The minimum atomic E-state index is -0.519. The standard InChI is InChI=1S/C15H27NO3/c1-2-19-14(17)13-7-6-10-16(11-13)12-15(18)8-4-3-5-9-15/h13,18H,2-12H2,1H3/t13-/m1/s1. The average molecular weight is 269 g/mol. The van der Waals surface area contributed by atoms with Gasteiger partial charge in [-0.05, 0) is 39.2 Å². The molecule has 0 spiro atoms. The Kier molecular flexibility index (Phi) is 5.22. The lowest BCUT2D eigenvalue weighted by Gasteiger charge is -2.40. The molecule has 1 heterocycles. The quantitative estimate of drug-likeness (QED) is 0.793. The fourth-order valence-electron chi connectivity index (χ4n) is 3.44. The summed E-state index contributed by atoms with van der Waals surface area (Å²) in [6.45, 7) is 4.78. The first-order valence-electron chi connectivity index (χ1n) is 7.74. The first-order chi connectivity index (χ1) is 9.13. The Morgan fingerprint density at radius 1 is 1.32 bits per heavy atom. The molecule has 1 aliphatic carbocycles. The Morgan fingerprint density at radius 3 is 2.74 bits per heavy atom. The van der Waals surface area contributed by atoms with Crippen LogP contribution in [0.2, 0.25) is 0 Å². The van der Waals surface area contributed by atoms with Crippen molar-refractivity contribution < 1.29 is 14.6 Å². The van der Waals surface area contributed by atoms with E-state index in [0.717, 1.165) is 58.2 Å². The van der Waals surface area contributed by atoms with E-state index in [-0.39, 0.29) is 11.9 Å². The number of piperidine rings is 1. The van der Waals surface area contributed by atoms with Crippen molar-refractivity contribution in [3.8, 4) is 0 Å². The third kappa shape index (κ3) is 4.18. The first kappa shape index (κ1) is 14.8. The zero-order valence-corrected chi connectivity index (χ0v) is 12.1. The van der Waals surface area contributed by atoms with Crippen molar-refractivity contribution >= 4 is 5.97 Å². The predicted molar refractivity (Wildman–Crippen MR) is 73.8 cm³/mol. The number of β-amino-alcohol motifs (C(OH)–C–C–N with tert-alkyl or cyclic N) is 1. The van der Waals surface area contributed by atoms with Crippen molar-refractivity contribution in [3.63, 3.8) is 0 Å². The topological polar surface area (TPSA) is 49.8 Å². The summed E-state index contributed by atoms with van der Waals surface area (Å²) in [5.41, 5.74) is -0.519. The van der Waals surface area contributed by atoms with Crippen molar-refractivity contribution in [3.05, 3.63) is 0 Å². The summed E-state index contributed by atoms with van der Waals surface area (Å²) in [5.74, 6) is -0.0660. The van der Waals surface area contributed by atoms with Crippen LogP contribution in [0.15, 0.2) is 0 Å². The lowest BCUT2D eigenvalue weighted by atomic mass is 9.84. The molecule has 1 aliphatic heterocycles. The fourth-order valence-corrected chi connectivity index (χ4v) is 3.44. The van der Waals surface area contributed by atoms with Crippen LogP contribution in [0, 0.1) is 5.92 Å². The molecule has 1 saturated carbocycles. The number of hydrogen-bond donors (Lipinski definition) is 1. The molecule has 0 radical (unpaired) electrons. The van der Waals surface area contributed by atoms with Gasteiger partial charge in [0.15, 0.2) is 0 Å². The van der Waals surface area contributed by atoms with Gasteiger partial charge in [-0.1, -0.05) is 19.3 Å². The highest BCUT2D eigenvalue weighted by Gasteiger charge is 2.34. The summed E-state index contributed by atoms with van der Waals surface area (Å²) in [4.78, 5) is 14.1. The Morgan fingerprint density at radius 2 is 2.05 bits per heavy atom. The van der Waals surface area contributed by atoms with E-state index in [9.17, 15) is 9.90 Å². The molecule has 0 aromatic rings. The first-order valence-corrected chi connectivity index (χ1v) is 7.74. The number of likely N-dealkylation sites (tertiary alicyclic amines) is 1. The highest BCUT2D eigenvalue weighted by atomic mass is 16.5. The van der Waals surface area contributed by atoms with Gasteiger partial charge >= 0.3 is 5.97 Å². The molecule has 0 aromatic heterocycles. The third-order valence-electron chi connectivity index (χ3n) is 4.43. The molecule has 19 heavy (non-hydrogen) atoms. The second-order valence-corrected chi connectivity index (χ2v) is 6.11. The van der Waals surface area contributed by atoms with Crippen molar-refractivity contribution in [1.82, 2.24) is 4.90 Å². The third-order valence-corrected chi connectivity index (χ3v) is 4.43. The van der Waals surface area contributed by atoms with Crippen LogP contribution in [0.3, 0.4) is 0 Å². The van der Waals surface area contributed by atoms with E-state index in [1.165, 1.54) is 6.42 Å². The van der Waals surface area contributed by atoms with Crippen LogP contribution < -0.4 is 0 Å². The van der Waals surface area contributed by atoms with Gasteiger partial charge in [0.25, 0.3) is 0 Å². The molecule has 4 heteroatoms. The van der Waals surface area contributed by atoms with Crippen LogP contribution >= 0.6 is 0 Å². The summed E-state index contributed by atoms with van der Waals surface area (Å²) >= 11 is 0. The number of carbonyl (C=O) groups is 1. The number of hydrogen-bond acceptors (Lipinski definition) is 4. The fraction of sp³-hybridized carbons (Fsp3) is 0.933. The average Bonchev–Trinajstić information content (AvgIpc) is 2.39. The number of esters is 1. The number of carbonyl (C=O) groups excluding carboxylic acids is 1. The maximum Gasteiger partial charge on any atom is 0.310 e. The summed E-state index contributed by atoms with van der Waals surface area (Å²) in [6, 6.07) is 0. The summed E-state index contributed by atoms with van der Waals surface area (Å²) < 4.78 is 5.12. The van der Waals surface area contributed by atoms with Gasteiger partial charge < -0.3 is 9.84 Å². The molecule has 110 valence electrons. The second-order valence-electron chi connectivity index (χ2n) is 6.11. The van der Waals surface area contributed by atoms with Gasteiger partial charge in [0.2, 0.25) is 0 Å². The largest absolute Gasteiger partial charge is 0.466 e. The Labute approximate surface area is 116 Å². The zero-order valence-electron chi connectivity index (χ0n) is 12.1. The Hall–Kier alpha value is -0.610. The normalized spacial score (nSPS) is 28.0. The van der Waals surface area contributed by atoms with E-state index >= 15 is 0 Å². The van der Waals surface area contributed by atoms with Crippen LogP contribution in [0.5, 0.6) is 0 Å². The van der Waals surface area contributed by atoms with E-state index in [4.69, 9.17) is 4.74 Å². The summed E-state index contributed by atoms with van der Waals surface area (Å²) in [5, 5.41) is 10.6. The van der Waals surface area contributed by atoms with Crippen LogP contribution in [0.1, 0.15) is 51.9 Å². The number of rotatable bonds is 4. The maximum absolute atomic E-state index is 11.8. The molecule has 1 atom stereocenters. The number of ether oxygens (including phenoxy) is 1. The van der Waals surface area contributed by atoms with Gasteiger partial charge in [0.1, 0.15) is 0 Å². The summed E-state index contributed by atoms with van der Waals surface area (Å²) in [7, 11) is 0. The lowest BCUT2D eigenvalue weighted by Crippen LogP contribution is -2.49. The van der Waals surface area contributed by atoms with E-state index < -0.39 is 5.60 Å². The molecule has 2 aliphatic rings. The second kappa shape index (κ2) is 6.71. The SMILES string of the molecule is CCOC(=O)[C@@H]1CCCN(CC2(O)CCCCC2)C1. The van der Waals surface area contributed by atoms with Crippen molar-refractivity contribution in [1.29, 1.82) is 0 Å². The number of nitrogens with zero attached hydrogens (tertiary/aromatic N) is 1. The van der Waals surface area contributed by atoms with E-state index in [0.29, 0.717) is 6.61 Å². The van der Waals surface area contributed by atoms with Crippen molar-refractivity contribution in [2.24, 2.45) is 5.92 Å². The van der Waals surface area contributed by atoms with Gasteiger partial charge in [-0.25, -0.2) is 0 Å². The molecule has 1 N–H and O–H groups in total. The molecule has 0 unspecified atom stereocenters.